The van der Waals surface area contributed by atoms with E-state index >= 15 is 0 Å². The molecule has 1 aliphatic rings. The van der Waals surface area contributed by atoms with Crippen molar-refractivity contribution >= 4 is 23.5 Å². The highest BCUT2D eigenvalue weighted by molar-refractivity contribution is 6.29. The van der Waals surface area contributed by atoms with E-state index in [9.17, 15) is 14.7 Å². The maximum atomic E-state index is 12.3. The SMILES string of the molecule is CCCC1(C(=O)O)CCN(C(=O)c2cccc(Cl)n2)C1. The number of hydrogen-bond acceptors (Lipinski definition) is 3. The van der Waals surface area contributed by atoms with E-state index < -0.39 is 11.4 Å². The zero-order chi connectivity index (χ0) is 14.8. The summed E-state index contributed by atoms with van der Waals surface area (Å²) < 4.78 is 0. The predicted octanol–water partition coefficient (Wildman–Crippen LogP) is 2.45. The van der Waals surface area contributed by atoms with E-state index in [0.29, 0.717) is 19.4 Å². The molecule has 1 fully saturated rings. The molecule has 0 aliphatic carbocycles. The van der Waals surface area contributed by atoms with Crippen molar-refractivity contribution in [2.45, 2.75) is 26.2 Å². The van der Waals surface area contributed by atoms with Gasteiger partial charge in [-0.25, -0.2) is 4.98 Å². The molecule has 5 nitrogen and oxygen atoms in total. The fourth-order valence-corrected chi connectivity index (χ4v) is 2.86. The summed E-state index contributed by atoms with van der Waals surface area (Å²) in [6.45, 7) is 2.64. The van der Waals surface area contributed by atoms with Gasteiger partial charge in [-0.2, -0.15) is 0 Å². The Bertz CT molecular complexity index is 535. The average Bonchev–Trinajstić information content (AvgIpc) is 2.84. The summed E-state index contributed by atoms with van der Waals surface area (Å²) in [6.07, 6.45) is 1.85. The van der Waals surface area contributed by atoms with Gasteiger partial charge in [-0.1, -0.05) is 31.0 Å². The maximum Gasteiger partial charge on any atom is 0.311 e. The summed E-state index contributed by atoms with van der Waals surface area (Å²) in [5, 5.41) is 9.69. The van der Waals surface area contributed by atoms with Gasteiger partial charge in [-0.05, 0) is 25.0 Å². The Morgan fingerprint density at radius 2 is 2.25 bits per heavy atom. The number of aromatic nitrogens is 1. The third kappa shape index (κ3) is 2.77. The lowest BCUT2D eigenvalue weighted by atomic mass is 9.83. The first-order valence-electron chi connectivity index (χ1n) is 6.64. The zero-order valence-electron chi connectivity index (χ0n) is 11.3. The van der Waals surface area contributed by atoms with Crippen molar-refractivity contribution in [3.63, 3.8) is 0 Å². The Morgan fingerprint density at radius 1 is 1.50 bits per heavy atom. The third-order valence-corrected chi connectivity index (χ3v) is 3.97. The van der Waals surface area contributed by atoms with Crippen LogP contribution in [0, 0.1) is 5.41 Å². The number of carbonyl (C=O) groups excluding carboxylic acids is 1. The van der Waals surface area contributed by atoms with Gasteiger partial charge in [0.25, 0.3) is 5.91 Å². The molecule has 1 unspecified atom stereocenters. The first-order chi connectivity index (χ1) is 9.48. The molecule has 1 aromatic heterocycles. The molecular formula is C14H17ClN2O3. The molecule has 1 saturated heterocycles. The molecule has 2 heterocycles. The lowest BCUT2D eigenvalue weighted by molar-refractivity contribution is -0.148. The van der Waals surface area contributed by atoms with Crippen LogP contribution in [-0.2, 0) is 4.79 Å². The van der Waals surface area contributed by atoms with Gasteiger partial charge >= 0.3 is 5.97 Å². The summed E-state index contributed by atoms with van der Waals surface area (Å²) in [5.41, 5.74) is -0.557. The van der Waals surface area contributed by atoms with Crippen molar-refractivity contribution in [2.75, 3.05) is 13.1 Å². The van der Waals surface area contributed by atoms with Gasteiger partial charge in [0.05, 0.1) is 5.41 Å². The number of pyridine rings is 1. The maximum absolute atomic E-state index is 12.3. The minimum Gasteiger partial charge on any atom is -0.481 e. The molecule has 1 atom stereocenters. The largest absolute Gasteiger partial charge is 0.481 e. The molecule has 1 aromatic rings. The van der Waals surface area contributed by atoms with Crippen LogP contribution in [0.15, 0.2) is 18.2 Å². The number of carbonyl (C=O) groups is 2. The number of hydrogen-bond donors (Lipinski definition) is 1. The molecule has 1 amide bonds. The first-order valence-corrected chi connectivity index (χ1v) is 7.01. The van der Waals surface area contributed by atoms with Gasteiger partial charge in [-0.3, -0.25) is 9.59 Å². The molecule has 1 aliphatic heterocycles. The van der Waals surface area contributed by atoms with Crippen molar-refractivity contribution in [3.05, 3.63) is 29.0 Å². The average molecular weight is 297 g/mol. The second-order valence-corrected chi connectivity index (χ2v) is 5.54. The predicted molar refractivity (Wildman–Crippen MR) is 74.7 cm³/mol. The molecule has 0 radical (unpaired) electrons. The van der Waals surface area contributed by atoms with E-state index in [0.717, 1.165) is 6.42 Å². The molecule has 20 heavy (non-hydrogen) atoms. The Balaban J connectivity index is 2.16. The summed E-state index contributed by atoms with van der Waals surface area (Å²) in [6, 6.07) is 4.85. The summed E-state index contributed by atoms with van der Waals surface area (Å²) >= 11 is 5.78. The number of halogens is 1. The fourth-order valence-electron chi connectivity index (χ4n) is 2.70. The summed E-state index contributed by atoms with van der Waals surface area (Å²) in [7, 11) is 0. The van der Waals surface area contributed by atoms with E-state index in [4.69, 9.17) is 11.6 Å². The number of nitrogens with zero attached hydrogens (tertiary/aromatic N) is 2. The second kappa shape index (κ2) is 5.79. The topological polar surface area (TPSA) is 70.5 Å². The van der Waals surface area contributed by atoms with Crippen molar-refractivity contribution in [1.82, 2.24) is 9.88 Å². The van der Waals surface area contributed by atoms with Crippen LogP contribution in [0.1, 0.15) is 36.7 Å². The van der Waals surface area contributed by atoms with Crippen molar-refractivity contribution in [2.24, 2.45) is 5.41 Å². The van der Waals surface area contributed by atoms with Crippen LogP contribution in [0.4, 0.5) is 0 Å². The quantitative estimate of drug-likeness (QED) is 0.866. The number of aliphatic carboxylic acids is 1. The number of likely N-dealkylation sites (tertiary alicyclic amines) is 1. The van der Waals surface area contributed by atoms with E-state index in [-0.39, 0.29) is 23.3 Å². The first kappa shape index (κ1) is 14.8. The summed E-state index contributed by atoms with van der Waals surface area (Å²) in [4.78, 5) is 29.4. The molecule has 0 bridgehead atoms. The number of carboxylic acids is 1. The third-order valence-electron chi connectivity index (χ3n) is 3.76. The molecule has 108 valence electrons. The van der Waals surface area contributed by atoms with E-state index in [1.807, 2.05) is 6.92 Å². The van der Waals surface area contributed by atoms with Gasteiger partial charge in [0.1, 0.15) is 10.8 Å². The molecule has 0 spiro atoms. The second-order valence-electron chi connectivity index (χ2n) is 5.16. The standard InChI is InChI=1S/C14H17ClN2O3/c1-2-6-14(13(19)20)7-8-17(9-14)12(18)10-4-3-5-11(15)16-10/h3-5H,2,6-9H2,1H3,(H,19,20). The molecular weight excluding hydrogens is 280 g/mol. The van der Waals surface area contributed by atoms with E-state index in [1.165, 1.54) is 0 Å². The fraction of sp³-hybridized carbons (Fsp3) is 0.500. The lowest BCUT2D eigenvalue weighted by Crippen LogP contribution is -2.37. The minimum absolute atomic E-state index is 0.239. The molecule has 1 N–H and O–H groups in total. The lowest BCUT2D eigenvalue weighted by Gasteiger charge is -2.24. The summed E-state index contributed by atoms with van der Waals surface area (Å²) in [5.74, 6) is -1.08. The van der Waals surface area contributed by atoms with Gasteiger partial charge in [0.2, 0.25) is 0 Å². The van der Waals surface area contributed by atoms with E-state index in [1.54, 1.807) is 23.1 Å². The van der Waals surface area contributed by atoms with Gasteiger partial charge in [0.15, 0.2) is 0 Å². The normalized spacial score (nSPS) is 22.0. The van der Waals surface area contributed by atoms with Crippen LogP contribution < -0.4 is 0 Å². The zero-order valence-corrected chi connectivity index (χ0v) is 12.1. The van der Waals surface area contributed by atoms with Crippen molar-refractivity contribution in [3.8, 4) is 0 Å². The highest BCUT2D eigenvalue weighted by Gasteiger charge is 2.45. The monoisotopic (exact) mass is 296 g/mol. The Hall–Kier alpha value is -1.62. The highest BCUT2D eigenvalue weighted by Crippen LogP contribution is 2.36. The number of amides is 1. The van der Waals surface area contributed by atoms with Crippen LogP contribution in [0.3, 0.4) is 0 Å². The van der Waals surface area contributed by atoms with Gasteiger partial charge in [0, 0.05) is 13.1 Å². The molecule has 0 aromatic carbocycles. The van der Waals surface area contributed by atoms with Crippen molar-refractivity contribution in [1.29, 1.82) is 0 Å². The Morgan fingerprint density at radius 3 is 2.85 bits per heavy atom. The molecule has 6 heteroatoms. The number of carboxylic acid groups (broad SMARTS) is 1. The van der Waals surface area contributed by atoms with Gasteiger partial charge in [-0.15, -0.1) is 0 Å². The van der Waals surface area contributed by atoms with Crippen LogP contribution >= 0.6 is 11.6 Å². The van der Waals surface area contributed by atoms with Crippen LogP contribution in [0.5, 0.6) is 0 Å². The van der Waals surface area contributed by atoms with Crippen LogP contribution in [-0.4, -0.2) is 40.0 Å². The minimum atomic E-state index is -0.825. The number of rotatable bonds is 4. The molecule has 2 rings (SSSR count). The van der Waals surface area contributed by atoms with Crippen LogP contribution in [0.2, 0.25) is 5.15 Å². The van der Waals surface area contributed by atoms with Gasteiger partial charge < -0.3 is 10.0 Å². The van der Waals surface area contributed by atoms with Crippen molar-refractivity contribution < 1.29 is 14.7 Å². The Kier molecular flexibility index (Phi) is 4.28. The highest BCUT2D eigenvalue weighted by atomic mass is 35.5. The van der Waals surface area contributed by atoms with Crippen LogP contribution in [0.25, 0.3) is 0 Å². The molecule has 0 saturated carbocycles. The smallest absolute Gasteiger partial charge is 0.311 e. The Labute approximate surface area is 122 Å². The van der Waals surface area contributed by atoms with E-state index in [2.05, 4.69) is 4.98 Å².